The molecule has 1 amide bonds. The number of anilines is 1. The molecule has 1 aliphatic carbocycles. The molecule has 148 valence electrons. The fraction of sp³-hybridized carbons (Fsp3) is 0.667. The SMILES string of the molecule is CCOC(=O)N[C@H]1CCN(C2CCC3(CC2)c2cccc(C)c2NC3O)C1. The summed E-state index contributed by atoms with van der Waals surface area (Å²) in [6, 6.07) is 7.10. The first-order valence-electron chi connectivity index (χ1n) is 10.3. The minimum Gasteiger partial charge on any atom is -0.450 e. The van der Waals surface area contributed by atoms with Gasteiger partial charge in [-0.3, -0.25) is 4.90 Å². The van der Waals surface area contributed by atoms with Crippen molar-refractivity contribution >= 4 is 11.8 Å². The van der Waals surface area contributed by atoms with Crippen molar-refractivity contribution in [3.05, 3.63) is 29.3 Å². The van der Waals surface area contributed by atoms with Crippen LogP contribution in [0.5, 0.6) is 0 Å². The van der Waals surface area contributed by atoms with Crippen molar-refractivity contribution in [2.24, 2.45) is 0 Å². The van der Waals surface area contributed by atoms with E-state index < -0.39 is 6.23 Å². The number of ether oxygens (including phenoxy) is 1. The Morgan fingerprint density at radius 2 is 2.15 bits per heavy atom. The van der Waals surface area contributed by atoms with Crippen LogP contribution in [0.4, 0.5) is 10.5 Å². The molecule has 0 radical (unpaired) electrons. The Labute approximate surface area is 161 Å². The third-order valence-corrected chi connectivity index (χ3v) is 6.79. The zero-order valence-corrected chi connectivity index (χ0v) is 16.3. The van der Waals surface area contributed by atoms with Crippen molar-refractivity contribution in [2.75, 3.05) is 25.0 Å². The summed E-state index contributed by atoms with van der Waals surface area (Å²) in [7, 11) is 0. The highest BCUT2D eigenvalue weighted by molar-refractivity contribution is 5.67. The molecule has 4 rings (SSSR count). The highest BCUT2D eigenvalue weighted by Crippen LogP contribution is 2.51. The number of para-hydroxylation sites is 1. The molecule has 1 aromatic rings. The summed E-state index contributed by atoms with van der Waals surface area (Å²) in [5.41, 5.74) is 3.47. The summed E-state index contributed by atoms with van der Waals surface area (Å²) >= 11 is 0. The number of benzene rings is 1. The lowest BCUT2D eigenvalue weighted by atomic mass is 9.68. The number of amides is 1. The van der Waals surface area contributed by atoms with Crippen LogP contribution in [0.2, 0.25) is 0 Å². The number of hydrogen-bond acceptors (Lipinski definition) is 5. The van der Waals surface area contributed by atoms with Crippen molar-refractivity contribution < 1.29 is 14.6 Å². The summed E-state index contributed by atoms with van der Waals surface area (Å²) < 4.78 is 5.00. The lowest BCUT2D eigenvalue weighted by molar-refractivity contribution is 0.0582. The fourth-order valence-electron chi connectivity index (χ4n) is 5.30. The van der Waals surface area contributed by atoms with E-state index in [0.29, 0.717) is 12.6 Å². The van der Waals surface area contributed by atoms with Crippen molar-refractivity contribution in [3.63, 3.8) is 0 Å². The van der Waals surface area contributed by atoms with E-state index in [1.807, 2.05) is 6.92 Å². The van der Waals surface area contributed by atoms with Gasteiger partial charge in [-0.1, -0.05) is 18.2 Å². The number of alkyl carbamates (subject to hydrolysis) is 1. The van der Waals surface area contributed by atoms with E-state index >= 15 is 0 Å². The molecular formula is C21H31N3O3. The summed E-state index contributed by atoms with van der Waals surface area (Å²) in [4.78, 5) is 14.2. The minimum absolute atomic E-state index is 0.153. The van der Waals surface area contributed by atoms with Crippen molar-refractivity contribution in [3.8, 4) is 0 Å². The molecule has 0 bridgehead atoms. The van der Waals surface area contributed by atoms with Crippen LogP contribution in [0.3, 0.4) is 0 Å². The van der Waals surface area contributed by atoms with E-state index in [4.69, 9.17) is 4.74 Å². The van der Waals surface area contributed by atoms with E-state index in [1.54, 1.807) is 0 Å². The zero-order chi connectivity index (χ0) is 19.0. The normalized spacial score (nSPS) is 32.9. The average molecular weight is 373 g/mol. The molecule has 0 aromatic heterocycles. The number of rotatable bonds is 3. The average Bonchev–Trinajstić information content (AvgIpc) is 3.21. The van der Waals surface area contributed by atoms with Crippen molar-refractivity contribution in [2.45, 2.75) is 69.7 Å². The Morgan fingerprint density at radius 3 is 2.89 bits per heavy atom. The number of fused-ring (bicyclic) bond motifs is 2. The topological polar surface area (TPSA) is 73.8 Å². The summed E-state index contributed by atoms with van der Waals surface area (Å²) in [6.07, 6.45) is 4.33. The van der Waals surface area contributed by atoms with Gasteiger partial charge in [-0.15, -0.1) is 0 Å². The highest BCUT2D eigenvalue weighted by atomic mass is 16.5. The second kappa shape index (κ2) is 7.32. The molecule has 27 heavy (non-hydrogen) atoms. The number of aliphatic hydroxyl groups excluding tert-OH is 1. The van der Waals surface area contributed by atoms with Crippen LogP contribution in [-0.4, -0.2) is 54.1 Å². The third kappa shape index (κ3) is 3.29. The molecule has 6 heteroatoms. The van der Waals surface area contributed by atoms with Gasteiger partial charge >= 0.3 is 6.09 Å². The summed E-state index contributed by atoms with van der Waals surface area (Å²) in [5, 5.41) is 17.1. The number of carbonyl (C=O) groups is 1. The van der Waals surface area contributed by atoms with Gasteiger partial charge in [0.25, 0.3) is 0 Å². The van der Waals surface area contributed by atoms with Gasteiger partial charge in [0.2, 0.25) is 0 Å². The van der Waals surface area contributed by atoms with E-state index in [1.165, 1.54) is 11.1 Å². The number of nitrogens with one attached hydrogen (secondary N) is 2. The highest BCUT2D eigenvalue weighted by Gasteiger charge is 2.49. The molecule has 2 heterocycles. The number of hydrogen-bond donors (Lipinski definition) is 3. The van der Waals surface area contributed by atoms with Crippen molar-refractivity contribution in [1.82, 2.24) is 10.2 Å². The maximum Gasteiger partial charge on any atom is 0.407 e. The lowest BCUT2D eigenvalue weighted by Crippen LogP contribution is -2.47. The zero-order valence-electron chi connectivity index (χ0n) is 16.3. The molecule has 2 aliphatic heterocycles. The second-order valence-corrected chi connectivity index (χ2v) is 8.28. The molecule has 1 aromatic carbocycles. The van der Waals surface area contributed by atoms with Gasteiger partial charge in [-0.25, -0.2) is 4.79 Å². The molecule has 3 aliphatic rings. The van der Waals surface area contributed by atoms with Gasteiger partial charge in [0.15, 0.2) is 0 Å². The predicted molar refractivity (Wildman–Crippen MR) is 105 cm³/mol. The number of carbonyl (C=O) groups excluding carboxylic acids is 1. The van der Waals surface area contributed by atoms with E-state index in [-0.39, 0.29) is 17.6 Å². The van der Waals surface area contributed by atoms with Gasteiger partial charge in [-0.2, -0.15) is 0 Å². The maximum atomic E-state index is 11.6. The summed E-state index contributed by atoms with van der Waals surface area (Å²) in [5.74, 6) is 0. The fourth-order valence-corrected chi connectivity index (χ4v) is 5.30. The van der Waals surface area contributed by atoms with Gasteiger partial charge in [0, 0.05) is 36.3 Å². The minimum atomic E-state index is -0.494. The van der Waals surface area contributed by atoms with Crippen molar-refractivity contribution in [1.29, 1.82) is 0 Å². The van der Waals surface area contributed by atoms with Gasteiger partial charge in [0.1, 0.15) is 6.23 Å². The Hall–Kier alpha value is -1.79. The molecule has 1 unspecified atom stereocenters. The van der Waals surface area contributed by atoms with Crippen LogP contribution in [0.1, 0.15) is 50.2 Å². The number of aryl methyl sites for hydroxylation is 1. The van der Waals surface area contributed by atoms with E-state index in [2.05, 4.69) is 40.7 Å². The first-order valence-corrected chi connectivity index (χ1v) is 10.3. The Bertz CT molecular complexity index is 700. The first kappa shape index (κ1) is 18.6. The molecule has 3 N–H and O–H groups in total. The predicted octanol–water partition coefficient (Wildman–Crippen LogP) is 2.74. The standard InChI is InChI=1S/C21H31N3O3/c1-3-27-20(26)22-15-9-12-24(13-15)16-7-10-21(11-8-16)17-6-4-5-14(2)18(17)23-19(21)25/h4-6,15-16,19,23,25H,3,7-13H2,1-2H3,(H,22,26)/t15-,16?,19?,21?/m0/s1. The monoisotopic (exact) mass is 373 g/mol. The lowest BCUT2D eigenvalue weighted by Gasteiger charge is -2.42. The maximum absolute atomic E-state index is 11.6. The number of aliphatic hydroxyl groups is 1. The molecule has 1 saturated carbocycles. The van der Waals surface area contributed by atoms with Crippen LogP contribution in [-0.2, 0) is 10.2 Å². The first-order chi connectivity index (χ1) is 13.0. The van der Waals surface area contributed by atoms with Gasteiger partial charge < -0.3 is 20.5 Å². The van der Waals surface area contributed by atoms with Crippen LogP contribution in [0.25, 0.3) is 0 Å². The van der Waals surface area contributed by atoms with Gasteiger partial charge in [-0.05, 0) is 57.1 Å². The van der Waals surface area contributed by atoms with Crippen LogP contribution < -0.4 is 10.6 Å². The molecule has 2 atom stereocenters. The van der Waals surface area contributed by atoms with Gasteiger partial charge in [0.05, 0.1) is 6.61 Å². The number of nitrogens with zero attached hydrogens (tertiary/aromatic N) is 1. The summed E-state index contributed by atoms with van der Waals surface area (Å²) in [6.45, 7) is 6.25. The molecular weight excluding hydrogens is 342 g/mol. The van der Waals surface area contributed by atoms with E-state index in [0.717, 1.165) is 50.9 Å². The molecule has 2 fully saturated rings. The largest absolute Gasteiger partial charge is 0.450 e. The smallest absolute Gasteiger partial charge is 0.407 e. The van der Waals surface area contributed by atoms with Crippen LogP contribution in [0.15, 0.2) is 18.2 Å². The molecule has 6 nitrogen and oxygen atoms in total. The third-order valence-electron chi connectivity index (χ3n) is 6.79. The molecule has 1 spiro atoms. The number of likely N-dealkylation sites (tertiary alicyclic amines) is 1. The quantitative estimate of drug-likeness (QED) is 0.760. The Kier molecular flexibility index (Phi) is 5.03. The Balaban J connectivity index is 1.38. The van der Waals surface area contributed by atoms with Crippen LogP contribution in [0, 0.1) is 6.92 Å². The van der Waals surface area contributed by atoms with Crippen LogP contribution >= 0.6 is 0 Å². The molecule has 1 saturated heterocycles. The Morgan fingerprint density at radius 1 is 1.37 bits per heavy atom. The van der Waals surface area contributed by atoms with E-state index in [9.17, 15) is 9.90 Å². The second-order valence-electron chi connectivity index (χ2n) is 8.28.